The maximum Gasteiger partial charge on any atom is 0.397 e. The van der Waals surface area contributed by atoms with E-state index in [1.165, 1.54) is 0 Å². The van der Waals surface area contributed by atoms with Crippen LogP contribution in [0, 0.1) is 0 Å². The van der Waals surface area contributed by atoms with E-state index in [0.29, 0.717) is 13.0 Å². The van der Waals surface area contributed by atoms with Gasteiger partial charge in [-0.15, -0.1) is 0 Å². The van der Waals surface area contributed by atoms with E-state index in [2.05, 4.69) is 152 Å². The fraction of sp³-hybridized carbons (Fsp3) is 0.566. The summed E-state index contributed by atoms with van der Waals surface area (Å²) in [4.78, 5) is 12.8. The molecule has 1 aliphatic rings. The van der Waals surface area contributed by atoms with Crippen molar-refractivity contribution in [2.75, 3.05) is 26.4 Å². The minimum atomic E-state index is -5.08. The number of unbranched alkanes of at least 4 members (excludes halogenated alkanes) is 4. The van der Waals surface area contributed by atoms with Crippen molar-refractivity contribution < 1.29 is 56.2 Å². The van der Waals surface area contributed by atoms with Gasteiger partial charge >= 0.3 is 16.4 Å². The van der Waals surface area contributed by atoms with Crippen molar-refractivity contribution in [1.29, 1.82) is 0 Å². The second-order valence-corrected chi connectivity index (χ2v) is 16.6. The Kier molecular flexibility index (Phi) is 38.9. The number of ether oxygens (including phenoxy) is 4. The van der Waals surface area contributed by atoms with E-state index in [4.69, 9.17) is 18.9 Å². The number of carbonyl (C=O) groups excluding carboxylic acids is 1. The van der Waals surface area contributed by atoms with Gasteiger partial charge < -0.3 is 34.3 Å². The minimum Gasteiger partial charge on any atom is -0.457 e. The largest absolute Gasteiger partial charge is 0.457 e. The Morgan fingerprint density at radius 3 is 1.39 bits per heavy atom. The Labute approximate surface area is 397 Å². The number of allylic oxidation sites excluding steroid dienone is 22. The molecule has 12 nitrogen and oxygen atoms in total. The van der Waals surface area contributed by atoms with Crippen LogP contribution in [0.3, 0.4) is 0 Å². The molecule has 6 unspecified atom stereocenters. The fourth-order valence-electron chi connectivity index (χ4n) is 6.23. The predicted molar refractivity (Wildman–Crippen MR) is 266 cm³/mol. The highest BCUT2D eigenvalue weighted by Crippen LogP contribution is 2.26. The molecule has 0 aliphatic carbocycles. The highest BCUT2D eigenvalue weighted by atomic mass is 32.3. The second-order valence-electron chi connectivity index (χ2n) is 15.6. The number of aliphatic hydroxyl groups is 3. The standard InChI is InChI=1S/C53H82O12S/c1-3-5-7-9-11-13-15-17-19-20-21-22-23-24-25-26-27-29-31-33-35-37-39-41-43-61-45-47(46-62-53-51(57)52(65-66(58,59)60)50(56)48(44-54)64-53)63-49(55)42-40-38-36-34-32-30-28-18-16-14-12-10-8-6-4-2/h5-8,11-14,17-19,21-22,24-25,27-29,32-35,47-48,50-54,56-57H,3-4,9-10,15-16,20,23,26,30-31,36-46H2,1-2H3,(H,58,59,60)/b7-5-,8-6-,13-11-,14-12-,19-17-,22-21-,25-24-,28-18-,29-27-,34-32-,35-33-. The number of rotatable bonds is 39. The molecule has 1 aliphatic heterocycles. The van der Waals surface area contributed by atoms with Crippen molar-refractivity contribution in [2.45, 2.75) is 166 Å². The summed E-state index contributed by atoms with van der Waals surface area (Å²) in [7, 11) is -5.08. The van der Waals surface area contributed by atoms with Crippen LogP contribution < -0.4 is 0 Å². The zero-order valence-corrected chi connectivity index (χ0v) is 40.5. The molecule has 0 radical (unpaired) electrons. The van der Waals surface area contributed by atoms with Gasteiger partial charge in [0.2, 0.25) is 0 Å². The van der Waals surface area contributed by atoms with E-state index in [1.807, 2.05) is 0 Å². The third-order valence-electron chi connectivity index (χ3n) is 9.77. The Balaban J connectivity index is 2.47. The molecule has 4 N–H and O–H groups in total. The molecule has 1 saturated heterocycles. The Hall–Kier alpha value is -3.76. The average Bonchev–Trinajstić information content (AvgIpc) is 3.29. The third-order valence-corrected chi connectivity index (χ3v) is 10.2. The first-order valence-corrected chi connectivity index (χ1v) is 25.3. The smallest absolute Gasteiger partial charge is 0.397 e. The summed E-state index contributed by atoms with van der Waals surface area (Å²) in [6.45, 7) is 3.55. The molecule has 0 aromatic carbocycles. The molecule has 0 bridgehead atoms. The molecule has 1 heterocycles. The molecule has 0 spiro atoms. The van der Waals surface area contributed by atoms with Gasteiger partial charge in [-0.2, -0.15) is 8.42 Å². The number of hydrogen-bond acceptors (Lipinski definition) is 11. The van der Waals surface area contributed by atoms with Crippen molar-refractivity contribution in [2.24, 2.45) is 0 Å². The SMILES string of the molecule is CC/C=C\C/C=C\C/C=C\C/C=C\C/C=C\C/C=C\C/C=C\CCCCOCC(COC1OC(CO)C(O)C(OS(=O)(=O)O)C1O)OC(=O)CCCC/C=C\C/C=C\C/C=C\C/C=C\CC. The first-order valence-electron chi connectivity index (χ1n) is 23.9. The zero-order chi connectivity index (χ0) is 48.2. The van der Waals surface area contributed by atoms with Gasteiger partial charge in [-0.05, 0) is 109 Å². The van der Waals surface area contributed by atoms with Crippen LogP contribution in [-0.2, 0) is 38.3 Å². The number of hydrogen-bond donors (Lipinski definition) is 4. The van der Waals surface area contributed by atoms with Crippen LogP contribution >= 0.6 is 0 Å². The minimum absolute atomic E-state index is 0.0218. The maximum absolute atomic E-state index is 12.8. The molecule has 1 rings (SSSR count). The Bertz CT molecular complexity index is 1650. The van der Waals surface area contributed by atoms with Gasteiger partial charge in [-0.25, -0.2) is 4.18 Å². The van der Waals surface area contributed by atoms with Gasteiger partial charge in [-0.3, -0.25) is 9.35 Å². The molecule has 0 aromatic heterocycles. The zero-order valence-electron chi connectivity index (χ0n) is 39.7. The van der Waals surface area contributed by atoms with E-state index in [9.17, 15) is 33.1 Å². The molecular formula is C53H82O12S. The van der Waals surface area contributed by atoms with Gasteiger partial charge in [0.05, 0.1) is 19.8 Å². The van der Waals surface area contributed by atoms with Crippen LogP contribution in [0.5, 0.6) is 0 Å². The predicted octanol–water partition coefficient (Wildman–Crippen LogP) is 10.7. The van der Waals surface area contributed by atoms with Crippen LogP contribution in [0.2, 0.25) is 0 Å². The molecule has 0 amide bonds. The monoisotopic (exact) mass is 943 g/mol. The summed E-state index contributed by atoms with van der Waals surface area (Å²) in [5.41, 5.74) is 0. The van der Waals surface area contributed by atoms with Gasteiger partial charge in [0.15, 0.2) is 6.29 Å². The molecule has 1 fully saturated rings. The molecular weight excluding hydrogens is 861 g/mol. The number of aliphatic hydroxyl groups excluding tert-OH is 3. The topological polar surface area (TPSA) is 178 Å². The van der Waals surface area contributed by atoms with Crippen molar-refractivity contribution in [3.05, 3.63) is 134 Å². The van der Waals surface area contributed by atoms with Gasteiger partial charge in [0.25, 0.3) is 0 Å². The van der Waals surface area contributed by atoms with Crippen molar-refractivity contribution in [3.63, 3.8) is 0 Å². The number of esters is 1. The highest BCUT2D eigenvalue weighted by molar-refractivity contribution is 7.80. The Morgan fingerprint density at radius 1 is 0.576 bits per heavy atom. The molecule has 0 aromatic rings. The van der Waals surface area contributed by atoms with E-state index < -0.39 is 59.8 Å². The van der Waals surface area contributed by atoms with E-state index in [0.717, 1.165) is 103 Å². The summed E-state index contributed by atoms with van der Waals surface area (Å²) < 4.78 is 59.0. The van der Waals surface area contributed by atoms with Gasteiger partial charge in [0.1, 0.15) is 30.5 Å². The maximum atomic E-state index is 12.8. The normalized spacial score (nSPS) is 20.7. The average molecular weight is 943 g/mol. The fourth-order valence-corrected chi connectivity index (χ4v) is 6.74. The lowest BCUT2D eigenvalue weighted by Gasteiger charge is -2.41. The lowest BCUT2D eigenvalue weighted by atomic mass is 9.99. The number of carbonyl (C=O) groups is 1. The van der Waals surface area contributed by atoms with Crippen molar-refractivity contribution >= 4 is 16.4 Å². The summed E-state index contributed by atoms with van der Waals surface area (Å²) in [6, 6.07) is 0. The van der Waals surface area contributed by atoms with Crippen molar-refractivity contribution in [1.82, 2.24) is 0 Å². The third kappa shape index (κ3) is 35.4. The molecule has 13 heteroatoms. The summed E-state index contributed by atoms with van der Waals surface area (Å²) in [5, 5.41) is 30.7. The second kappa shape index (κ2) is 42.6. The van der Waals surface area contributed by atoms with E-state index >= 15 is 0 Å². The van der Waals surface area contributed by atoms with E-state index in [-0.39, 0.29) is 19.6 Å². The van der Waals surface area contributed by atoms with Crippen LogP contribution in [0.1, 0.15) is 129 Å². The highest BCUT2D eigenvalue weighted by Gasteiger charge is 2.48. The van der Waals surface area contributed by atoms with Crippen LogP contribution in [0.25, 0.3) is 0 Å². The van der Waals surface area contributed by atoms with Gasteiger partial charge in [0, 0.05) is 13.0 Å². The van der Waals surface area contributed by atoms with Crippen molar-refractivity contribution in [3.8, 4) is 0 Å². The Morgan fingerprint density at radius 2 is 0.985 bits per heavy atom. The molecule has 0 saturated carbocycles. The molecule has 66 heavy (non-hydrogen) atoms. The summed E-state index contributed by atoms with van der Waals surface area (Å²) in [6.07, 6.45) is 53.5. The lowest BCUT2D eigenvalue weighted by Crippen LogP contribution is -2.60. The first kappa shape index (κ1) is 60.3. The van der Waals surface area contributed by atoms with Crippen LogP contribution in [0.4, 0.5) is 0 Å². The van der Waals surface area contributed by atoms with Crippen LogP contribution in [0.15, 0.2) is 134 Å². The molecule has 6 atom stereocenters. The quantitative estimate of drug-likeness (QED) is 0.0199. The van der Waals surface area contributed by atoms with Gasteiger partial charge in [-0.1, -0.05) is 148 Å². The first-order chi connectivity index (χ1) is 32.1. The van der Waals surface area contributed by atoms with E-state index in [1.54, 1.807) is 0 Å². The summed E-state index contributed by atoms with van der Waals surface area (Å²) in [5.74, 6) is -0.462. The molecule has 372 valence electrons. The summed E-state index contributed by atoms with van der Waals surface area (Å²) >= 11 is 0. The lowest BCUT2D eigenvalue weighted by molar-refractivity contribution is -0.301. The van der Waals surface area contributed by atoms with Crippen LogP contribution in [-0.4, -0.2) is 97.5 Å².